The molecule has 3 heterocycles. The van der Waals surface area contributed by atoms with Crippen LogP contribution >= 0.6 is 35.0 Å². The van der Waals surface area contributed by atoms with E-state index in [2.05, 4.69) is 36.2 Å². The molecule has 2 aliphatic rings. The molecule has 2 aliphatic heterocycles. The molecule has 152 valence electrons. The molecule has 1 aromatic carbocycles. The Hall–Kier alpha value is -2.09. The van der Waals surface area contributed by atoms with Crippen LogP contribution in [0.3, 0.4) is 0 Å². The van der Waals surface area contributed by atoms with Crippen LogP contribution in [0.2, 0.25) is 10.0 Å². The van der Waals surface area contributed by atoms with E-state index in [1.807, 2.05) is 0 Å². The number of halogens is 2. The van der Waals surface area contributed by atoms with Crippen molar-refractivity contribution in [3.63, 3.8) is 0 Å². The second-order valence-corrected chi connectivity index (χ2v) is 8.69. The zero-order valence-corrected chi connectivity index (χ0v) is 18.5. The Bertz CT molecular complexity index is 1070. The predicted octanol–water partition coefficient (Wildman–Crippen LogP) is 5.26. The van der Waals surface area contributed by atoms with Gasteiger partial charge in [0.25, 0.3) is 5.89 Å². The Labute approximate surface area is 183 Å². The van der Waals surface area contributed by atoms with Crippen LogP contribution < -0.4 is 15.8 Å². The van der Waals surface area contributed by atoms with Gasteiger partial charge < -0.3 is 20.3 Å². The Morgan fingerprint density at radius 3 is 2.76 bits per heavy atom. The number of dihydropyridines is 1. The van der Waals surface area contributed by atoms with Crippen LogP contribution in [0.1, 0.15) is 38.9 Å². The molecule has 0 fully saturated rings. The number of ether oxygens (including phenoxy) is 1. The van der Waals surface area contributed by atoms with E-state index in [9.17, 15) is 0 Å². The highest BCUT2D eigenvalue weighted by Crippen LogP contribution is 2.48. The van der Waals surface area contributed by atoms with Gasteiger partial charge in [0.2, 0.25) is 5.82 Å². The van der Waals surface area contributed by atoms with Gasteiger partial charge in [-0.05, 0) is 43.5 Å². The summed E-state index contributed by atoms with van der Waals surface area (Å²) < 4.78 is 11.1. The highest BCUT2D eigenvalue weighted by molar-refractivity contribution is 8.09. The first-order chi connectivity index (χ1) is 13.9. The van der Waals surface area contributed by atoms with Gasteiger partial charge in [-0.3, -0.25) is 0 Å². The largest absolute Gasteiger partial charge is 0.485 e. The van der Waals surface area contributed by atoms with Gasteiger partial charge in [-0.15, -0.1) is 0 Å². The summed E-state index contributed by atoms with van der Waals surface area (Å²) >= 11 is 13.5. The van der Waals surface area contributed by atoms with Crippen molar-refractivity contribution >= 4 is 39.9 Å². The van der Waals surface area contributed by atoms with E-state index < -0.39 is 0 Å². The van der Waals surface area contributed by atoms with Crippen LogP contribution in [0.25, 0.3) is 4.91 Å². The Balaban J connectivity index is 1.53. The lowest BCUT2D eigenvalue weighted by Gasteiger charge is -2.27. The van der Waals surface area contributed by atoms with Gasteiger partial charge in [-0.1, -0.05) is 47.0 Å². The fraction of sp³-hybridized carbons (Fsp3) is 0.300. The van der Waals surface area contributed by atoms with Crippen molar-refractivity contribution < 1.29 is 9.26 Å². The molecule has 4 rings (SSSR count). The summed E-state index contributed by atoms with van der Waals surface area (Å²) in [6.07, 6.45) is 0.944. The van der Waals surface area contributed by atoms with Crippen LogP contribution in [0.15, 0.2) is 50.8 Å². The van der Waals surface area contributed by atoms with E-state index in [0.717, 1.165) is 16.9 Å². The number of nitrogens with one attached hydrogen (secondary N) is 1. The van der Waals surface area contributed by atoms with E-state index in [1.165, 1.54) is 16.8 Å². The first kappa shape index (κ1) is 20.2. The molecule has 29 heavy (non-hydrogen) atoms. The predicted molar refractivity (Wildman–Crippen MR) is 116 cm³/mol. The molecule has 3 N–H and O–H groups in total. The van der Waals surface area contributed by atoms with Crippen molar-refractivity contribution in [3.05, 3.63) is 68.1 Å². The number of allylic oxidation sites excluding steroid dienone is 3. The van der Waals surface area contributed by atoms with Crippen molar-refractivity contribution in [1.29, 1.82) is 0 Å². The number of hydrogen-bond acceptors (Lipinski definition) is 7. The standard InChI is InChI=1S/C20H20Cl2N4O2S/c1-4-14-9(2)10(3)16-17(23)18(29-20(16)24-14)19-25-15(26-28-19)8-27-11-5-6-12(21)13(22)7-11/h5-7,20,24H,4,8,23H2,1-3H3. The molecule has 0 saturated carbocycles. The smallest absolute Gasteiger partial charge is 0.266 e. The minimum absolute atomic E-state index is 0.0615. The van der Waals surface area contributed by atoms with Crippen LogP contribution in [-0.2, 0) is 6.61 Å². The average Bonchev–Trinajstić information content (AvgIpc) is 3.30. The van der Waals surface area contributed by atoms with E-state index in [1.54, 1.807) is 30.0 Å². The SMILES string of the molecule is CCC1=C(C)C(C)=C2C(N)=C(c3nc(COc4ccc(Cl)c(Cl)c4)no3)SC2N1. The van der Waals surface area contributed by atoms with Crippen molar-refractivity contribution in [2.24, 2.45) is 5.73 Å². The molecule has 0 saturated heterocycles. The van der Waals surface area contributed by atoms with Crippen LogP contribution in [0, 0.1) is 0 Å². The van der Waals surface area contributed by atoms with Gasteiger partial charge in [-0.2, -0.15) is 4.98 Å². The number of aromatic nitrogens is 2. The maximum absolute atomic E-state index is 6.46. The lowest BCUT2D eigenvalue weighted by Crippen LogP contribution is -2.31. The van der Waals surface area contributed by atoms with Gasteiger partial charge in [0.05, 0.1) is 20.6 Å². The minimum Gasteiger partial charge on any atom is -0.485 e. The number of thioether (sulfide) groups is 1. The number of benzene rings is 1. The number of rotatable bonds is 5. The number of nitrogens with two attached hydrogens (primary N) is 1. The Morgan fingerprint density at radius 1 is 1.24 bits per heavy atom. The topological polar surface area (TPSA) is 86.2 Å². The molecule has 1 atom stereocenters. The van der Waals surface area contributed by atoms with Gasteiger partial charge in [0.1, 0.15) is 11.1 Å². The molecule has 0 bridgehead atoms. The van der Waals surface area contributed by atoms with Gasteiger partial charge in [0.15, 0.2) is 6.61 Å². The molecular weight excluding hydrogens is 431 g/mol. The molecule has 0 aliphatic carbocycles. The van der Waals surface area contributed by atoms with Crippen LogP contribution in [0.5, 0.6) is 5.75 Å². The average molecular weight is 451 g/mol. The third-order valence-electron chi connectivity index (χ3n) is 5.03. The fourth-order valence-corrected chi connectivity index (χ4v) is 4.92. The second kappa shape index (κ2) is 7.97. The van der Waals surface area contributed by atoms with Crippen LogP contribution in [0.4, 0.5) is 0 Å². The highest BCUT2D eigenvalue weighted by atomic mass is 35.5. The zero-order valence-electron chi connectivity index (χ0n) is 16.2. The van der Waals surface area contributed by atoms with Gasteiger partial charge >= 0.3 is 0 Å². The fourth-order valence-electron chi connectivity index (χ4n) is 3.35. The van der Waals surface area contributed by atoms with E-state index >= 15 is 0 Å². The molecule has 1 aromatic heterocycles. The first-order valence-corrected chi connectivity index (χ1v) is 10.8. The van der Waals surface area contributed by atoms with Crippen molar-refractivity contribution in [2.45, 2.75) is 39.2 Å². The third-order valence-corrected chi connectivity index (χ3v) is 6.99. The molecule has 1 unspecified atom stereocenters. The summed E-state index contributed by atoms with van der Waals surface area (Å²) in [5.74, 6) is 1.39. The molecule has 9 heteroatoms. The number of nitrogens with zero attached hydrogens (tertiary/aromatic N) is 2. The van der Waals surface area contributed by atoms with Crippen molar-refractivity contribution in [1.82, 2.24) is 15.5 Å². The normalized spacial score (nSPS) is 19.0. The maximum atomic E-state index is 6.46. The number of fused-ring (bicyclic) bond motifs is 1. The zero-order chi connectivity index (χ0) is 20.7. The lowest BCUT2D eigenvalue weighted by atomic mass is 9.94. The summed E-state index contributed by atoms with van der Waals surface area (Å²) in [6, 6.07) is 5.05. The Kier molecular flexibility index (Phi) is 5.55. The monoisotopic (exact) mass is 450 g/mol. The second-order valence-electron chi connectivity index (χ2n) is 6.76. The van der Waals surface area contributed by atoms with Gasteiger partial charge in [0, 0.05) is 17.3 Å². The van der Waals surface area contributed by atoms with E-state index in [0.29, 0.717) is 33.2 Å². The molecule has 0 spiro atoms. The maximum Gasteiger partial charge on any atom is 0.266 e. The summed E-state index contributed by atoms with van der Waals surface area (Å²) in [4.78, 5) is 5.24. The molecular formula is C20H20Cl2N4O2S. The third kappa shape index (κ3) is 3.74. The highest BCUT2D eigenvalue weighted by Gasteiger charge is 2.36. The summed E-state index contributed by atoms with van der Waals surface area (Å²) in [5.41, 5.74) is 11.9. The van der Waals surface area contributed by atoms with Crippen molar-refractivity contribution in [3.8, 4) is 5.75 Å². The Morgan fingerprint density at radius 2 is 2.03 bits per heavy atom. The van der Waals surface area contributed by atoms with Gasteiger partial charge in [-0.25, -0.2) is 0 Å². The minimum atomic E-state index is 0.0615. The quantitative estimate of drug-likeness (QED) is 0.641. The molecule has 2 aromatic rings. The summed E-state index contributed by atoms with van der Waals surface area (Å²) in [6.45, 7) is 6.50. The number of hydrogen-bond donors (Lipinski definition) is 2. The van der Waals surface area contributed by atoms with Crippen molar-refractivity contribution in [2.75, 3.05) is 0 Å². The first-order valence-electron chi connectivity index (χ1n) is 9.14. The summed E-state index contributed by atoms with van der Waals surface area (Å²) in [7, 11) is 0. The molecule has 0 amide bonds. The summed E-state index contributed by atoms with van der Waals surface area (Å²) in [5, 5.41) is 8.53. The van der Waals surface area contributed by atoms with E-state index in [-0.39, 0.29) is 12.0 Å². The molecule has 6 nitrogen and oxygen atoms in total. The molecule has 0 radical (unpaired) electrons. The lowest BCUT2D eigenvalue weighted by molar-refractivity contribution is 0.286. The van der Waals surface area contributed by atoms with E-state index in [4.69, 9.17) is 38.2 Å². The van der Waals surface area contributed by atoms with Crippen LogP contribution in [-0.4, -0.2) is 15.5 Å².